The number of benzene rings is 1. The van der Waals surface area contributed by atoms with Crippen molar-refractivity contribution in [2.75, 3.05) is 39.5 Å². The molecule has 0 spiro atoms. The zero-order chi connectivity index (χ0) is 28.0. The van der Waals surface area contributed by atoms with Gasteiger partial charge in [0, 0.05) is 19.5 Å². The summed E-state index contributed by atoms with van der Waals surface area (Å²) in [6, 6.07) is 2.57. The Bertz CT molecular complexity index is 1080. The molecule has 4 amide bonds. The highest BCUT2D eigenvalue weighted by Gasteiger charge is 2.45. The monoisotopic (exact) mass is 540 g/mol. The van der Waals surface area contributed by atoms with Gasteiger partial charge in [-0.05, 0) is 6.07 Å². The molecule has 0 bridgehead atoms. The normalized spacial score (nSPS) is 24.7. The number of ether oxygens (including phenoxy) is 3. The van der Waals surface area contributed by atoms with Crippen LogP contribution in [-0.2, 0) is 23.8 Å². The molecule has 3 rings (SSSR count). The molecule has 38 heavy (non-hydrogen) atoms. The van der Waals surface area contributed by atoms with E-state index >= 15 is 0 Å². The number of carbonyl (C=O) groups excluding carboxylic acids is 4. The predicted molar refractivity (Wildman–Crippen MR) is 124 cm³/mol. The highest BCUT2D eigenvalue weighted by Crippen LogP contribution is 2.30. The highest BCUT2D eigenvalue weighted by atomic mass is 16.7. The largest absolute Gasteiger partial charge is 0.394 e. The van der Waals surface area contributed by atoms with Crippen molar-refractivity contribution in [2.45, 2.75) is 37.6 Å². The van der Waals surface area contributed by atoms with E-state index in [0.29, 0.717) is 4.90 Å². The number of nitrogens with zero attached hydrogens (tertiary/aromatic N) is 2. The summed E-state index contributed by atoms with van der Waals surface area (Å²) >= 11 is 0. The van der Waals surface area contributed by atoms with Gasteiger partial charge in [-0.1, -0.05) is 6.07 Å². The van der Waals surface area contributed by atoms with Crippen LogP contribution in [0.15, 0.2) is 18.2 Å². The van der Waals surface area contributed by atoms with Gasteiger partial charge in [-0.15, -0.1) is 0 Å². The standard InChI is InChI=1S/C22H28N4O12/c1-11(28)24-17-19(31)18(30)14(10-27)38-22(17)37-8-7-36-6-5-23-15(29)9-25-20(32)12-3-2-4-13(26(34)35)16(12)21(25)33/h2-4,14,17-19,22,27,30-31H,5-10H2,1H3,(H,23,29)(H,24,28)/t14-,17-,18+,19-,22-/m1/s1. The fourth-order valence-corrected chi connectivity index (χ4v) is 4.01. The lowest BCUT2D eigenvalue weighted by atomic mass is 9.97. The summed E-state index contributed by atoms with van der Waals surface area (Å²) in [5.41, 5.74) is -1.01. The molecule has 2 aliphatic rings. The molecule has 16 heteroatoms. The molecule has 0 unspecified atom stereocenters. The molecule has 2 heterocycles. The van der Waals surface area contributed by atoms with Crippen molar-refractivity contribution in [1.29, 1.82) is 0 Å². The lowest BCUT2D eigenvalue weighted by Crippen LogP contribution is -2.64. The molecule has 2 aliphatic heterocycles. The van der Waals surface area contributed by atoms with Crippen molar-refractivity contribution >= 4 is 29.3 Å². The molecular formula is C22H28N4O12. The van der Waals surface area contributed by atoms with Gasteiger partial charge in [0.1, 0.15) is 36.5 Å². The van der Waals surface area contributed by atoms with Crippen LogP contribution in [-0.4, -0.2) is 119 Å². The summed E-state index contributed by atoms with van der Waals surface area (Å²) in [5, 5.41) is 45.6. The van der Waals surface area contributed by atoms with Gasteiger partial charge in [-0.3, -0.25) is 34.2 Å². The zero-order valence-corrected chi connectivity index (χ0v) is 20.3. The topological polar surface area (TPSA) is 227 Å². The molecule has 208 valence electrons. The van der Waals surface area contributed by atoms with E-state index in [9.17, 15) is 44.6 Å². The number of imide groups is 1. The number of hydrogen-bond donors (Lipinski definition) is 5. The SMILES string of the molecule is CC(=O)N[C@H]1[C@H](OCCOCCNC(=O)CN2C(=O)c3cccc([N+](=O)[O-])c3C2=O)O[C@H](CO)[C@H](O)[C@@H]1O. The van der Waals surface area contributed by atoms with Gasteiger partial charge in [0.25, 0.3) is 17.5 Å². The molecule has 5 atom stereocenters. The van der Waals surface area contributed by atoms with E-state index in [2.05, 4.69) is 10.6 Å². The second-order valence-corrected chi connectivity index (χ2v) is 8.42. The number of aliphatic hydroxyl groups excluding tert-OH is 3. The number of fused-ring (bicyclic) bond motifs is 1. The average Bonchev–Trinajstić information content (AvgIpc) is 3.11. The summed E-state index contributed by atoms with van der Waals surface area (Å²) in [7, 11) is 0. The van der Waals surface area contributed by atoms with E-state index in [0.717, 1.165) is 6.07 Å². The minimum absolute atomic E-state index is 0.00698. The number of nitro benzene ring substituents is 1. The van der Waals surface area contributed by atoms with E-state index in [1.807, 2.05) is 0 Å². The third-order valence-electron chi connectivity index (χ3n) is 5.80. The third-order valence-corrected chi connectivity index (χ3v) is 5.80. The van der Waals surface area contributed by atoms with Crippen molar-refractivity contribution in [3.8, 4) is 0 Å². The number of hydrogen-bond acceptors (Lipinski definition) is 12. The number of amides is 4. The fraction of sp³-hybridized carbons (Fsp3) is 0.545. The summed E-state index contributed by atoms with van der Waals surface area (Å²) in [4.78, 5) is 59.6. The first kappa shape index (κ1) is 29.0. The average molecular weight is 540 g/mol. The van der Waals surface area contributed by atoms with Crippen LogP contribution in [0.2, 0.25) is 0 Å². The molecule has 0 aromatic heterocycles. The third kappa shape index (κ3) is 6.47. The lowest BCUT2D eigenvalue weighted by Gasteiger charge is -2.42. The summed E-state index contributed by atoms with van der Waals surface area (Å²) in [6.07, 6.45) is -5.18. The van der Waals surface area contributed by atoms with Gasteiger partial charge in [-0.2, -0.15) is 0 Å². The van der Waals surface area contributed by atoms with Crippen LogP contribution in [0.3, 0.4) is 0 Å². The molecular weight excluding hydrogens is 512 g/mol. The first-order valence-corrected chi connectivity index (χ1v) is 11.6. The van der Waals surface area contributed by atoms with Crippen LogP contribution in [0.4, 0.5) is 5.69 Å². The van der Waals surface area contributed by atoms with Gasteiger partial charge in [0.15, 0.2) is 6.29 Å². The van der Waals surface area contributed by atoms with E-state index in [1.54, 1.807) is 0 Å². The lowest BCUT2D eigenvalue weighted by molar-refractivity contribution is -0.385. The van der Waals surface area contributed by atoms with Gasteiger partial charge < -0.3 is 40.2 Å². The summed E-state index contributed by atoms with van der Waals surface area (Å²) in [5.74, 6) is -2.91. The molecule has 1 fully saturated rings. The Labute approximate surface area is 215 Å². The Hall–Kier alpha value is -3.54. The van der Waals surface area contributed by atoms with E-state index in [1.165, 1.54) is 19.1 Å². The molecule has 0 saturated carbocycles. The number of rotatable bonds is 12. The molecule has 1 aromatic rings. The smallest absolute Gasteiger partial charge is 0.282 e. The molecule has 0 radical (unpaired) electrons. The molecule has 0 aliphatic carbocycles. The quantitative estimate of drug-likeness (QED) is 0.0789. The highest BCUT2D eigenvalue weighted by molar-refractivity contribution is 6.24. The summed E-state index contributed by atoms with van der Waals surface area (Å²) < 4.78 is 16.2. The van der Waals surface area contributed by atoms with Crippen molar-refractivity contribution in [1.82, 2.24) is 15.5 Å². The maximum atomic E-state index is 12.5. The summed E-state index contributed by atoms with van der Waals surface area (Å²) in [6.45, 7) is -0.0342. The van der Waals surface area contributed by atoms with Gasteiger partial charge in [0.2, 0.25) is 11.8 Å². The maximum absolute atomic E-state index is 12.5. The van der Waals surface area contributed by atoms with Crippen molar-refractivity contribution in [2.24, 2.45) is 0 Å². The zero-order valence-electron chi connectivity index (χ0n) is 20.3. The van der Waals surface area contributed by atoms with E-state index < -0.39 is 78.0 Å². The first-order chi connectivity index (χ1) is 18.1. The van der Waals surface area contributed by atoms with Gasteiger partial charge in [0.05, 0.1) is 36.9 Å². The maximum Gasteiger partial charge on any atom is 0.282 e. The number of aliphatic hydroxyl groups is 3. The molecule has 1 saturated heterocycles. The molecule has 1 aromatic carbocycles. The van der Waals surface area contributed by atoms with E-state index in [4.69, 9.17) is 14.2 Å². The van der Waals surface area contributed by atoms with Gasteiger partial charge in [-0.25, -0.2) is 0 Å². The molecule has 16 nitrogen and oxygen atoms in total. The van der Waals surface area contributed by atoms with Crippen LogP contribution >= 0.6 is 0 Å². The van der Waals surface area contributed by atoms with Crippen LogP contribution in [0.5, 0.6) is 0 Å². The minimum atomic E-state index is -1.45. The first-order valence-electron chi connectivity index (χ1n) is 11.6. The Morgan fingerprint density at radius 1 is 1.16 bits per heavy atom. The Morgan fingerprint density at radius 2 is 1.89 bits per heavy atom. The van der Waals surface area contributed by atoms with Gasteiger partial charge >= 0.3 is 0 Å². The minimum Gasteiger partial charge on any atom is -0.394 e. The van der Waals surface area contributed by atoms with Crippen molar-refractivity contribution < 1.29 is 53.6 Å². The number of carbonyl (C=O) groups is 4. The van der Waals surface area contributed by atoms with Crippen LogP contribution in [0.1, 0.15) is 27.6 Å². The van der Waals surface area contributed by atoms with Crippen LogP contribution < -0.4 is 10.6 Å². The second kappa shape index (κ2) is 12.8. The number of nitro groups is 1. The Balaban J connectivity index is 1.39. The molecule has 5 N–H and O–H groups in total. The van der Waals surface area contributed by atoms with Crippen molar-refractivity contribution in [3.05, 3.63) is 39.4 Å². The van der Waals surface area contributed by atoms with Crippen molar-refractivity contribution in [3.63, 3.8) is 0 Å². The number of nitrogens with one attached hydrogen (secondary N) is 2. The van der Waals surface area contributed by atoms with Crippen LogP contribution in [0, 0.1) is 10.1 Å². The predicted octanol–water partition coefficient (Wildman–Crippen LogP) is -2.72. The second-order valence-electron chi connectivity index (χ2n) is 8.42. The van der Waals surface area contributed by atoms with E-state index in [-0.39, 0.29) is 37.5 Å². The Kier molecular flexibility index (Phi) is 9.78. The van der Waals surface area contributed by atoms with Crippen LogP contribution in [0.25, 0.3) is 0 Å². The Morgan fingerprint density at radius 3 is 2.55 bits per heavy atom. The fourth-order valence-electron chi connectivity index (χ4n) is 4.01.